The molecule has 0 bridgehead atoms. The van der Waals surface area contributed by atoms with Crippen LogP contribution >= 0.6 is 0 Å². The summed E-state index contributed by atoms with van der Waals surface area (Å²) < 4.78 is 16.8. The van der Waals surface area contributed by atoms with E-state index in [-0.39, 0.29) is 0 Å². The predicted molar refractivity (Wildman–Crippen MR) is 107 cm³/mol. The van der Waals surface area contributed by atoms with Crippen molar-refractivity contribution in [2.75, 3.05) is 38.8 Å². The van der Waals surface area contributed by atoms with Gasteiger partial charge in [0.2, 0.25) is 0 Å². The number of ether oxygens (including phenoxy) is 3. The van der Waals surface area contributed by atoms with Gasteiger partial charge in [-0.05, 0) is 31.0 Å². The van der Waals surface area contributed by atoms with Crippen molar-refractivity contribution in [1.82, 2.24) is 15.0 Å². The zero-order chi connectivity index (χ0) is 19.3. The summed E-state index contributed by atoms with van der Waals surface area (Å²) in [5.41, 5.74) is 0.845. The zero-order valence-electron chi connectivity index (χ0n) is 16.2. The number of nitrogens with zero attached hydrogens (tertiary/aromatic N) is 4. The average molecular weight is 380 g/mol. The fraction of sp³-hybridized carbons (Fsp3) is 0.381. The average Bonchev–Trinajstić information content (AvgIpc) is 2.77. The van der Waals surface area contributed by atoms with Crippen LogP contribution in [0.2, 0.25) is 0 Å². The molecule has 1 aliphatic heterocycles. The molecule has 0 saturated carbocycles. The smallest absolute Gasteiger partial charge is 0.162 e. The van der Waals surface area contributed by atoms with E-state index in [0.717, 1.165) is 48.4 Å². The minimum absolute atomic E-state index is 0.437. The molecule has 0 spiro atoms. The fourth-order valence-electron chi connectivity index (χ4n) is 3.66. The van der Waals surface area contributed by atoms with Gasteiger partial charge in [-0.25, -0.2) is 9.97 Å². The van der Waals surface area contributed by atoms with Crippen molar-refractivity contribution in [1.29, 1.82) is 0 Å². The topological polar surface area (TPSA) is 69.6 Å². The minimum Gasteiger partial charge on any atom is -0.493 e. The molecule has 0 amide bonds. The van der Waals surface area contributed by atoms with E-state index in [1.807, 2.05) is 24.3 Å². The summed E-state index contributed by atoms with van der Waals surface area (Å²) in [7, 11) is 3.27. The van der Waals surface area contributed by atoms with Crippen LogP contribution in [0.15, 0.2) is 43.0 Å². The molecule has 3 aromatic rings. The van der Waals surface area contributed by atoms with E-state index in [1.54, 1.807) is 32.9 Å². The summed E-state index contributed by atoms with van der Waals surface area (Å²) in [6.07, 6.45) is 7.35. The Hall–Kier alpha value is -3.09. The van der Waals surface area contributed by atoms with Gasteiger partial charge in [0.15, 0.2) is 11.5 Å². The molecule has 3 heterocycles. The number of fused-ring (bicyclic) bond motifs is 1. The summed E-state index contributed by atoms with van der Waals surface area (Å²) in [5, 5.41) is 0.968. The van der Waals surface area contributed by atoms with Crippen LogP contribution in [-0.2, 0) is 0 Å². The molecule has 0 radical (unpaired) electrons. The quantitative estimate of drug-likeness (QED) is 0.649. The summed E-state index contributed by atoms with van der Waals surface area (Å²) in [5.74, 6) is 3.57. The van der Waals surface area contributed by atoms with Crippen LogP contribution in [0.5, 0.6) is 17.2 Å². The van der Waals surface area contributed by atoms with E-state index in [2.05, 4.69) is 19.9 Å². The second-order valence-corrected chi connectivity index (χ2v) is 6.87. The van der Waals surface area contributed by atoms with Gasteiger partial charge in [0.1, 0.15) is 17.9 Å². The Kier molecular flexibility index (Phi) is 5.41. The van der Waals surface area contributed by atoms with Crippen molar-refractivity contribution in [2.24, 2.45) is 5.92 Å². The molecule has 2 aromatic heterocycles. The third kappa shape index (κ3) is 3.78. The van der Waals surface area contributed by atoms with E-state index in [1.165, 1.54) is 0 Å². The maximum absolute atomic E-state index is 5.95. The van der Waals surface area contributed by atoms with Crippen LogP contribution in [0.1, 0.15) is 12.8 Å². The molecule has 1 atom stereocenters. The third-order valence-electron chi connectivity index (χ3n) is 5.07. The molecule has 7 nitrogen and oxygen atoms in total. The highest BCUT2D eigenvalue weighted by molar-refractivity contribution is 5.92. The molecule has 0 N–H and O–H groups in total. The molecule has 1 aromatic carbocycles. The molecule has 4 rings (SSSR count). The van der Waals surface area contributed by atoms with Crippen LogP contribution < -0.4 is 19.1 Å². The first-order valence-electron chi connectivity index (χ1n) is 9.43. The maximum atomic E-state index is 5.95. The van der Waals surface area contributed by atoms with Gasteiger partial charge in [0.05, 0.1) is 26.3 Å². The Morgan fingerprint density at radius 2 is 1.86 bits per heavy atom. The van der Waals surface area contributed by atoms with Crippen LogP contribution in [0.25, 0.3) is 10.9 Å². The molecule has 146 valence electrons. The molecule has 28 heavy (non-hydrogen) atoms. The largest absolute Gasteiger partial charge is 0.493 e. The summed E-state index contributed by atoms with van der Waals surface area (Å²) in [6.45, 7) is 2.54. The number of rotatable bonds is 6. The van der Waals surface area contributed by atoms with E-state index in [9.17, 15) is 0 Å². The number of anilines is 1. The van der Waals surface area contributed by atoms with Crippen molar-refractivity contribution in [2.45, 2.75) is 12.8 Å². The van der Waals surface area contributed by atoms with E-state index in [0.29, 0.717) is 24.0 Å². The number of hydrogen-bond acceptors (Lipinski definition) is 7. The molecular formula is C21H24N4O3. The number of pyridine rings is 1. The second kappa shape index (κ2) is 8.29. The summed E-state index contributed by atoms with van der Waals surface area (Å²) in [4.78, 5) is 15.3. The number of hydrogen-bond donors (Lipinski definition) is 0. The van der Waals surface area contributed by atoms with Crippen molar-refractivity contribution >= 4 is 16.7 Å². The summed E-state index contributed by atoms with van der Waals surface area (Å²) >= 11 is 0. The lowest BCUT2D eigenvalue weighted by atomic mass is 9.98. The van der Waals surface area contributed by atoms with Gasteiger partial charge in [-0.3, -0.25) is 4.98 Å². The third-order valence-corrected chi connectivity index (χ3v) is 5.07. The van der Waals surface area contributed by atoms with Gasteiger partial charge in [-0.1, -0.05) is 0 Å². The molecule has 0 aliphatic carbocycles. The molecule has 1 unspecified atom stereocenters. The highest BCUT2D eigenvalue weighted by Crippen LogP contribution is 2.35. The van der Waals surface area contributed by atoms with E-state index in [4.69, 9.17) is 14.2 Å². The highest BCUT2D eigenvalue weighted by Gasteiger charge is 2.24. The lowest BCUT2D eigenvalue weighted by Gasteiger charge is -2.34. The van der Waals surface area contributed by atoms with Gasteiger partial charge in [0, 0.05) is 42.9 Å². The maximum Gasteiger partial charge on any atom is 0.162 e. The molecule has 1 fully saturated rings. The Balaban J connectivity index is 1.55. The Morgan fingerprint density at radius 3 is 2.64 bits per heavy atom. The van der Waals surface area contributed by atoms with Crippen LogP contribution in [-0.4, -0.2) is 48.9 Å². The van der Waals surface area contributed by atoms with Crippen molar-refractivity contribution in [3.63, 3.8) is 0 Å². The predicted octanol–water partition coefficient (Wildman–Crippen LogP) is 3.34. The standard InChI is InChI=1S/C21H24N4O3/c1-26-19-10-17-18(11-20(19)27-2)23-14-24-21(17)25-9-3-4-15(12-25)13-28-16-5-7-22-8-6-16/h5-8,10-11,14-15H,3-4,9,12-13H2,1-2H3. The Morgan fingerprint density at radius 1 is 1.07 bits per heavy atom. The first-order valence-corrected chi connectivity index (χ1v) is 9.43. The van der Waals surface area contributed by atoms with E-state index >= 15 is 0 Å². The molecule has 1 saturated heterocycles. The second-order valence-electron chi connectivity index (χ2n) is 6.87. The minimum atomic E-state index is 0.437. The van der Waals surface area contributed by atoms with Gasteiger partial charge < -0.3 is 19.1 Å². The van der Waals surface area contributed by atoms with Gasteiger partial charge in [-0.15, -0.1) is 0 Å². The number of methoxy groups -OCH3 is 2. The van der Waals surface area contributed by atoms with Gasteiger partial charge in [-0.2, -0.15) is 0 Å². The van der Waals surface area contributed by atoms with Crippen LogP contribution in [0.3, 0.4) is 0 Å². The SMILES string of the molecule is COc1cc2ncnc(N3CCCC(COc4ccncc4)C3)c2cc1OC. The summed E-state index contributed by atoms with van der Waals surface area (Å²) in [6, 6.07) is 7.63. The lowest BCUT2D eigenvalue weighted by molar-refractivity contribution is 0.228. The molecule has 1 aliphatic rings. The number of piperidine rings is 1. The van der Waals surface area contributed by atoms with Crippen molar-refractivity contribution < 1.29 is 14.2 Å². The van der Waals surface area contributed by atoms with Crippen LogP contribution in [0.4, 0.5) is 5.82 Å². The highest BCUT2D eigenvalue weighted by atomic mass is 16.5. The van der Waals surface area contributed by atoms with Crippen molar-refractivity contribution in [3.05, 3.63) is 43.0 Å². The van der Waals surface area contributed by atoms with Gasteiger partial charge >= 0.3 is 0 Å². The first-order chi connectivity index (χ1) is 13.8. The molecule has 7 heteroatoms. The zero-order valence-corrected chi connectivity index (χ0v) is 16.2. The first kappa shape index (κ1) is 18.3. The van der Waals surface area contributed by atoms with Crippen molar-refractivity contribution in [3.8, 4) is 17.2 Å². The lowest BCUT2D eigenvalue weighted by Crippen LogP contribution is -2.38. The fourth-order valence-corrected chi connectivity index (χ4v) is 3.66. The monoisotopic (exact) mass is 380 g/mol. The van der Waals surface area contributed by atoms with Gasteiger partial charge in [0.25, 0.3) is 0 Å². The van der Waals surface area contributed by atoms with Crippen LogP contribution in [0, 0.1) is 5.92 Å². The number of aromatic nitrogens is 3. The Bertz CT molecular complexity index is 936. The Labute approximate surface area is 164 Å². The number of benzene rings is 1. The normalized spacial score (nSPS) is 16.8. The molecular weight excluding hydrogens is 356 g/mol. The van der Waals surface area contributed by atoms with E-state index < -0.39 is 0 Å².